The number of azo groups is 1. The number of hydrogen-bond donors (Lipinski definition) is 1. The van der Waals surface area contributed by atoms with Gasteiger partial charge in [-0.05, 0) is 30.4 Å². The summed E-state index contributed by atoms with van der Waals surface area (Å²) in [6.45, 7) is 6.33. The summed E-state index contributed by atoms with van der Waals surface area (Å²) in [4.78, 5) is 28.0. The molecule has 1 amide bonds. The highest BCUT2D eigenvalue weighted by Gasteiger charge is 2.63. The van der Waals surface area contributed by atoms with Crippen LogP contribution in [-0.4, -0.2) is 48.4 Å². The maximum absolute atomic E-state index is 13.4. The van der Waals surface area contributed by atoms with Crippen LogP contribution in [0.5, 0.6) is 0 Å². The van der Waals surface area contributed by atoms with E-state index in [1.165, 1.54) is 0 Å². The molecule has 4 aliphatic heterocycles. The molecule has 0 bridgehead atoms. The number of nitrogens with one attached hydrogen (secondary N) is 1. The molecule has 5 aliphatic rings. The highest BCUT2D eigenvalue weighted by atomic mass is 16.5. The van der Waals surface area contributed by atoms with Crippen molar-refractivity contribution in [1.82, 2.24) is 10.2 Å². The van der Waals surface area contributed by atoms with E-state index in [1.807, 2.05) is 35.2 Å². The van der Waals surface area contributed by atoms with E-state index >= 15 is 0 Å². The summed E-state index contributed by atoms with van der Waals surface area (Å²) in [5, 5.41) is 12.0. The molecule has 0 saturated carbocycles. The normalized spacial score (nSPS) is 29.9. The SMILES string of the molecule is CC1(C)CC(=O)C2=C(C1)NC1=C(CN=N1)[C@@]21COC2(CN(C(=O)c3ccccc3)C2)C1. The van der Waals surface area contributed by atoms with Crippen molar-refractivity contribution in [3.05, 3.63) is 58.6 Å². The van der Waals surface area contributed by atoms with Gasteiger partial charge in [0.25, 0.3) is 5.91 Å². The fraction of sp³-hybridized carbons (Fsp3) is 0.500. The first-order valence-electron chi connectivity index (χ1n) is 10.9. The molecule has 7 nitrogen and oxygen atoms in total. The third-order valence-electron chi connectivity index (χ3n) is 7.40. The molecule has 0 radical (unpaired) electrons. The maximum atomic E-state index is 13.4. The zero-order chi connectivity index (χ0) is 21.4. The van der Waals surface area contributed by atoms with Crippen molar-refractivity contribution in [1.29, 1.82) is 0 Å². The Bertz CT molecular complexity index is 1100. The van der Waals surface area contributed by atoms with Gasteiger partial charge in [0, 0.05) is 28.8 Å². The van der Waals surface area contributed by atoms with Crippen LogP contribution in [0.4, 0.5) is 0 Å². The molecular weight excluding hydrogens is 392 g/mol. The predicted octanol–water partition coefficient (Wildman–Crippen LogP) is 3.21. The van der Waals surface area contributed by atoms with Gasteiger partial charge in [0.05, 0.1) is 31.7 Å². The number of nitrogens with zero attached hydrogens (tertiary/aromatic N) is 3. The van der Waals surface area contributed by atoms with Gasteiger partial charge < -0.3 is 15.0 Å². The minimum atomic E-state index is -0.477. The molecule has 4 heterocycles. The standard InChI is InChI=1S/C24H26N4O3/c1-22(2)8-17-19(18(29)9-22)24(16-10-25-27-20(16)26-17)11-23(31-14-24)12-28(13-23)21(30)15-6-4-3-5-7-15/h3-7,26H,8-14H2,1-2H3/t24-/m1/s1. The number of fused-ring (bicyclic) bond motifs is 2. The molecule has 1 atom stereocenters. The molecule has 6 rings (SSSR count). The Morgan fingerprint density at radius 2 is 1.94 bits per heavy atom. The largest absolute Gasteiger partial charge is 0.370 e. The second-order valence-electron chi connectivity index (χ2n) is 10.4. The first kappa shape index (κ1) is 18.9. The number of likely N-dealkylation sites (tertiary alicyclic amines) is 1. The average molecular weight is 418 g/mol. The molecule has 7 heteroatoms. The number of dihydropyridines is 1. The summed E-state index contributed by atoms with van der Waals surface area (Å²) in [6.07, 6.45) is 2.06. The zero-order valence-electron chi connectivity index (χ0n) is 17.9. The number of allylic oxidation sites excluding steroid dienone is 1. The Labute approximate surface area is 181 Å². The summed E-state index contributed by atoms with van der Waals surface area (Å²) < 4.78 is 6.42. The second-order valence-corrected chi connectivity index (χ2v) is 10.4. The Kier molecular flexibility index (Phi) is 3.74. The van der Waals surface area contributed by atoms with E-state index < -0.39 is 11.0 Å². The molecular formula is C24H26N4O3. The van der Waals surface area contributed by atoms with Crippen molar-refractivity contribution in [3.8, 4) is 0 Å². The van der Waals surface area contributed by atoms with E-state index in [2.05, 4.69) is 29.4 Å². The Morgan fingerprint density at radius 1 is 1.16 bits per heavy atom. The highest BCUT2D eigenvalue weighted by Crippen LogP contribution is 2.58. The summed E-state index contributed by atoms with van der Waals surface area (Å²) in [7, 11) is 0. The number of benzene rings is 1. The van der Waals surface area contributed by atoms with Crippen molar-refractivity contribution in [2.45, 2.75) is 38.7 Å². The zero-order valence-corrected chi connectivity index (χ0v) is 17.9. The summed E-state index contributed by atoms with van der Waals surface area (Å²) in [6, 6.07) is 9.35. The lowest BCUT2D eigenvalue weighted by Gasteiger charge is -2.48. The topological polar surface area (TPSA) is 83.4 Å². The minimum Gasteiger partial charge on any atom is -0.370 e. The van der Waals surface area contributed by atoms with Crippen LogP contribution in [0.2, 0.25) is 0 Å². The Morgan fingerprint density at radius 3 is 2.71 bits per heavy atom. The molecule has 1 aromatic carbocycles. The summed E-state index contributed by atoms with van der Waals surface area (Å²) >= 11 is 0. The molecule has 0 aromatic heterocycles. The number of rotatable bonds is 1. The fourth-order valence-electron chi connectivity index (χ4n) is 6.11. The smallest absolute Gasteiger partial charge is 0.254 e. The van der Waals surface area contributed by atoms with E-state index in [9.17, 15) is 9.59 Å². The molecule has 1 aromatic rings. The minimum absolute atomic E-state index is 0.0299. The van der Waals surface area contributed by atoms with Crippen LogP contribution in [-0.2, 0) is 9.53 Å². The average Bonchev–Trinajstić information content (AvgIpc) is 3.32. The van der Waals surface area contributed by atoms with Crippen LogP contribution in [0, 0.1) is 10.8 Å². The maximum Gasteiger partial charge on any atom is 0.254 e. The van der Waals surface area contributed by atoms with Crippen molar-refractivity contribution in [3.63, 3.8) is 0 Å². The number of carbonyl (C=O) groups excluding carboxylic acids is 2. The van der Waals surface area contributed by atoms with E-state index in [-0.39, 0.29) is 17.1 Å². The van der Waals surface area contributed by atoms with E-state index in [0.717, 1.165) is 29.1 Å². The fourth-order valence-corrected chi connectivity index (χ4v) is 6.11. The summed E-state index contributed by atoms with van der Waals surface area (Å²) in [5.74, 6) is 1.03. The van der Waals surface area contributed by atoms with Crippen molar-refractivity contribution < 1.29 is 14.3 Å². The van der Waals surface area contributed by atoms with Crippen molar-refractivity contribution in [2.24, 2.45) is 21.1 Å². The lowest BCUT2D eigenvalue weighted by Crippen LogP contribution is -2.63. The lowest BCUT2D eigenvalue weighted by molar-refractivity contribution is -0.119. The van der Waals surface area contributed by atoms with E-state index in [1.54, 1.807) is 0 Å². The number of ether oxygens (including phenoxy) is 1. The number of Topliss-reactive ketones (excluding diaryl/α,β-unsaturated/α-hetero) is 1. The van der Waals surface area contributed by atoms with Crippen LogP contribution in [0.25, 0.3) is 0 Å². The predicted molar refractivity (Wildman–Crippen MR) is 113 cm³/mol. The molecule has 160 valence electrons. The van der Waals surface area contributed by atoms with Gasteiger partial charge in [-0.1, -0.05) is 32.0 Å². The molecule has 31 heavy (non-hydrogen) atoms. The number of amides is 1. The van der Waals surface area contributed by atoms with Crippen LogP contribution >= 0.6 is 0 Å². The highest BCUT2D eigenvalue weighted by molar-refractivity contribution is 6.00. The van der Waals surface area contributed by atoms with Crippen LogP contribution in [0.15, 0.2) is 63.2 Å². The van der Waals surface area contributed by atoms with Gasteiger partial charge in [0.15, 0.2) is 11.6 Å². The Hall–Kier alpha value is -2.80. The van der Waals surface area contributed by atoms with Gasteiger partial charge in [-0.2, -0.15) is 5.11 Å². The van der Waals surface area contributed by atoms with Gasteiger partial charge >= 0.3 is 0 Å². The quantitative estimate of drug-likeness (QED) is 0.759. The molecule has 2 spiro atoms. The lowest BCUT2D eigenvalue weighted by atomic mass is 9.61. The van der Waals surface area contributed by atoms with Gasteiger partial charge in [-0.3, -0.25) is 9.59 Å². The van der Waals surface area contributed by atoms with Gasteiger partial charge in [-0.15, -0.1) is 5.11 Å². The third kappa shape index (κ3) is 2.69. The van der Waals surface area contributed by atoms with Gasteiger partial charge in [-0.25, -0.2) is 0 Å². The van der Waals surface area contributed by atoms with Crippen molar-refractivity contribution in [2.75, 3.05) is 26.2 Å². The Balaban J connectivity index is 1.31. The van der Waals surface area contributed by atoms with Gasteiger partial charge in [0.2, 0.25) is 0 Å². The number of hydrogen-bond acceptors (Lipinski definition) is 6. The number of ketones is 1. The first-order valence-corrected chi connectivity index (χ1v) is 10.9. The number of carbonyl (C=O) groups is 2. The molecule has 2 fully saturated rings. The molecule has 2 saturated heterocycles. The van der Waals surface area contributed by atoms with Gasteiger partial charge in [0.1, 0.15) is 5.60 Å². The van der Waals surface area contributed by atoms with Crippen LogP contribution < -0.4 is 5.32 Å². The van der Waals surface area contributed by atoms with Crippen LogP contribution in [0.1, 0.15) is 43.5 Å². The second kappa shape index (κ2) is 6.13. The molecule has 1 N–H and O–H groups in total. The van der Waals surface area contributed by atoms with E-state index in [0.29, 0.717) is 44.6 Å². The summed E-state index contributed by atoms with van der Waals surface area (Å²) in [5.41, 5.74) is 2.66. The van der Waals surface area contributed by atoms with Crippen LogP contribution in [0.3, 0.4) is 0 Å². The first-order chi connectivity index (χ1) is 14.8. The third-order valence-corrected chi connectivity index (χ3v) is 7.40. The molecule has 1 aliphatic carbocycles. The van der Waals surface area contributed by atoms with E-state index in [4.69, 9.17) is 4.74 Å². The monoisotopic (exact) mass is 418 g/mol. The molecule has 0 unspecified atom stereocenters. The van der Waals surface area contributed by atoms with Crippen molar-refractivity contribution >= 4 is 11.7 Å².